The first-order valence-corrected chi connectivity index (χ1v) is 9.30. The maximum Gasteiger partial charge on any atom is 0.254 e. The Morgan fingerprint density at radius 2 is 2.24 bits per heavy atom. The summed E-state index contributed by atoms with van der Waals surface area (Å²) in [4.78, 5) is 14.3. The van der Waals surface area contributed by atoms with Crippen molar-refractivity contribution in [2.45, 2.75) is 42.1 Å². The topological polar surface area (TPSA) is 89.7 Å². The lowest BCUT2D eigenvalue weighted by Crippen LogP contribution is -2.59. The molecule has 0 aromatic carbocycles. The lowest BCUT2D eigenvalue weighted by Gasteiger charge is -2.50. The zero-order valence-electron chi connectivity index (χ0n) is 11.7. The number of hydrogen-bond acceptors (Lipinski definition) is 5. The van der Waals surface area contributed by atoms with Crippen LogP contribution in [0, 0.1) is 0 Å². The van der Waals surface area contributed by atoms with E-state index in [1.165, 1.54) is 6.07 Å². The van der Waals surface area contributed by atoms with Gasteiger partial charge in [0, 0.05) is 11.9 Å². The monoisotopic (exact) mass is 330 g/mol. The van der Waals surface area contributed by atoms with Crippen molar-refractivity contribution in [2.75, 3.05) is 13.1 Å². The number of sulfonamides is 1. The van der Waals surface area contributed by atoms with Crippen LogP contribution in [0.3, 0.4) is 0 Å². The number of carbonyl (C=O) groups excluding carboxylic acids is 1. The van der Waals surface area contributed by atoms with E-state index in [0.29, 0.717) is 18.7 Å². The molecular formula is C13H18N2O4S2. The second-order valence-corrected chi connectivity index (χ2v) is 8.55. The van der Waals surface area contributed by atoms with Gasteiger partial charge in [-0.15, -0.1) is 11.3 Å². The van der Waals surface area contributed by atoms with E-state index in [2.05, 4.69) is 0 Å². The van der Waals surface area contributed by atoms with Crippen LogP contribution in [0.25, 0.3) is 0 Å². The lowest BCUT2D eigenvalue weighted by molar-refractivity contribution is -0.176. The van der Waals surface area contributed by atoms with Crippen molar-refractivity contribution >= 4 is 27.3 Å². The highest BCUT2D eigenvalue weighted by Crippen LogP contribution is 2.40. The van der Waals surface area contributed by atoms with Crippen molar-refractivity contribution in [2.24, 2.45) is 5.14 Å². The third kappa shape index (κ3) is 2.85. The highest BCUT2D eigenvalue weighted by molar-refractivity contribution is 7.91. The summed E-state index contributed by atoms with van der Waals surface area (Å²) in [6, 6.07) is 1.36. The van der Waals surface area contributed by atoms with Gasteiger partial charge >= 0.3 is 0 Å². The maximum absolute atomic E-state index is 12.6. The van der Waals surface area contributed by atoms with Crippen LogP contribution >= 0.6 is 11.3 Å². The van der Waals surface area contributed by atoms with Crippen molar-refractivity contribution in [1.82, 2.24) is 4.90 Å². The second-order valence-electron chi connectivity index (χ2n) is 5.85. The average Bonchev–Trinajstić information content (AvgIpc) is 2.84. The highest BCUT2D eigenvalue weighted by Gasteiger charge is 2.45. The molecule has 0 radical (unpaired) electrons. The van der Waals surface area contributed by atoms with Crippen LogP contribution in [0.5, 0.6) is 0 Å². The predicted octanol–water partition coefficient (Wildman–Crippen LogP) is 1.18. The molecule has 21 heavy (non-hydrogen) atoms. The molecule has 0 bridgehead atoms. The first-order valence-electron chi connectivity index (χ1n) is 6.88. The minimum Gasteiger partial charge on any atom is -0.368 e. The average molecular weight is 330 g/mol. The molecule has 1 aliphatic carbocycles. The molecule has 8 heteroatoms. The molecular weight excluding hydrogens is 312 g/mol. The van der Waals surface area contributed by atoms with Crippen LogP contribution in [-0.4, -0.2) is 44.0 Å². The molecule has 2 heterocycles. The van der Waals surface area contributed by atoms with E-state index in [4.69, 9.17) is 9.88 Å². The Morgan fingerprint density at radius 1 is 1.52 bits per heavy atom. The zero-order valence-corrected chi connectivity index (χ0v) is 13.4. The molecule has 1 saturated heterocycles. The summed E-state index contributed by atoms with van der Waals surface area (Å²) in [5, 5.41) is 6.63. The van der Waals surface area contributed by atoms with Crippen molar-refractivity contribution in [3.63, 3.8) is 0 Å². The normalized spacial score (nSPS) is 24.9. The highest BCUT2D eigenvalue weighted by atomic mass is 32.2. The number of ether oxygens (including phenoxy) is 1. The summed E-state index contributed by atoms with van der Waals surface area (Å²) < 4.78 is 28.6. The Balaban J connectivity index is 1.80. The van der Waals surface area contributed by atoms with Crippen LogP contribution in [0.1, 0.15) is 36.5 Å². The van der Waals surface area contributed by atoms with E-state index in [9.17, 15) is 13.2 Å². The van der Waals surface area contributed by atoms with Gasteiger partial charge in [0.25, 0.3) is 5.91 Å². The minimum atomic E-state index is -3.75. The molecule has 2 fully saturated rings. The van der Waals surface area contributed by atoms with E-state index < -0.39 is 10.0 Å². The summed E-state index contributed by atoms with van der Waals surface area (Å²) in [6.07, 6.45) is 3.09. The predicted molar refractivity (Wildman–Crippen MR) is 78.7 cm³/mol. The standard InChI is InChI=1S/C13H18N2O4S2/c1-9-6-15(8-13(19-9)3-2-4-13)12(16)10-5-11(20-7-10)21(14,17)18/h5,7,9H,2-4,6,8H2,1H3,(H2,14,17,18). The number of hydrogen-bond donors (Lipinski definition) is 1. The van der Waals surface area contributed by atoms with Crippen LogP contribution < -0.4 is 5.14 Å². The number of thiophene rings is 1. The Kier molecular flexibility index (Phi) is 3.59. The van der Waals surface area contributed by atoms with Gasteiger partial charge in [0.2, 0.25) is 10.0 Å². The van der Waals surface area contributed by atoms with Gasteiger partial charge in [-0.05, 0) is 32.3 Å². The molecule has 1 amide bonds. The van der Waals surface area contributed by atoms with Gasteiger partial charge in [-0.25, -0.2) is 13.6 Å². The number of morpholine rings is 1. The fraction of sp³-hybridized carbons (Fsp3) is 0.615. The molecule has 6 nitrogen and oxygen atoms in total. The first-order chi connectivity index (χ1) is 9.79. The lowest BCUT2D eigenvalue weighted by atomic mass is 9.78. The van der Waals surface area contributed by atoms with Crippen molar-refractivity contribution in [3.8, 4) is 0 Å². The molecule has 1 aromatic rings. The number of nitrogens with two attached hydrogens (primary N) is 1. The Labute approximate surface area is 127 Å². The summed E-state index contributed by atoms with van der Waals surface area (Å²) in [6.45, 7) is 3.07. The van der Waals surface area contributed by atoms with Crippen LogP contribution in [-0.2, 0) is 14.8 Å². The minimum absolute atomic E-state index is 0.000604. The van der Waals surface area contributed by atoms with Gasteiger partial charge in [0.05, 0.1) is 23.8 Å². The Bertz CT molecular complexity index is 663. The summed E-state index contributed by atoms with van der Waals surface area (Å²) in [7, 11) is -3.75. The number of primary sulfonamides is 1. The molecule has 1 atom stereocenters. The summed E-state index contributed by atoms with van der Waals surface area (Å²) in [5.41, 5.74) is 0.194. The summed E-state index contributed by atoms with van der Waals surface area (Å²) >= 11 is 0.978. The van der Waals surface area contributed by atoms with E-state index >= 15 is 0 Å². The number of carbonyl (C=O) groups is 1. The molecule has 2 N–H and O–H groups in total. The molecule has 2 aliphatic rings. The molecule has 1 aliphatic heterocycles. The van der Waals surface area contributed by atoms with E-state index in [1.54, 1.807) is 10.3 Å². The second kappa shape index (κ2) is 5.05. The van der Waals surface area contributed by atoms with Crippen molar-refractivity contribution in [1.29, 1.82) is 0 Å². The van der Waals surface area contributed by atoms with Crippen molar-refractivity contribution in [3.05, 3.63) is 17.0 Å². The van der Waals surface area contributed by atoms with Gasteiger partial charge in [0.1, 0.15) is 4.21 Å². The van der Waals surface area contributed by atoms with Crippen LogP contribution in [0.15, 0.2) is 15.7 Å². The van der Waals surface area contributed by atoms with Gasteiger partial charge < -0.3 is 9.64 Å². The van der Waals surface area contributed by atoms with Gasteiger partial charge in [-0.3, -0.25) is 4.79 Å². The van der Waals surface area contributed by atoms with Gasteiger partial charge in [-0.2, -0.15) is 0 Å². The largest absolute Gasteiger partial charge is 0.368 e. The number of amides is 1. The zero-order chi connectivity index (χ0) is 15.3. The third-order valence-electron chi connectivity index (χ3n) is 4.06. The fourth-order valence-corrected chi connectivity index (χ4v) is 4.57. The van der Waals surface area contributed by atoms with E-state index in [1.807, 2.05) is 6.92 Å². The Hall–Kier alpha value is -0.960. The smallest absolute Gasteiger partial charge is 0.254 e. The number of rotatable bonds is 2. The molecule has 116 valence electrons. The van der Waals surface area contributed by atoms with Crippen LogP contribution in [0.4, 0.5) is 0 Å². The SMILES string of the molecule is CC1CN(C(=O)c2csc(S(N)(=O)=O)c2)CC2(CCC2)O1. The van der Waals surface area contributed by atoms with Gasteiger partial charge in [-0.1, -0.05) is 0 Å². The molecule has 1 aromatic heterocycles. The van der Waals surface area contributed by atoms with E-state index in [0.717, 1.165) is 30.6 Å². The molecule has 1 saturated carbocycles. The summed E-state index contributed by atoms with van der Waals surface area (Å²) in [5.74, 6) is -0.150. The maximum atomic E-state index is 12.6. The third-order valence-corrected chi connectivity index (χ3v) is 6.45. The molecule has 3 rings (SSSR count). The van der Waals surface area contributed by atoms with Crippen LogP contribution in [0.2, 0.25) is 0 Å². The molecule has 1 spiro atoms. The van der Waals surface area contributed by atoms with E-state index in [-0.39, 0.29) is 21.8 Å². The first kappa shape index (κ1) is 15.0. The Morgan fingerprint density at radius 3 is 2.76 bits per heavy atom. The fourth-order valence-electron chi connectivity index (χ4n) is 2.99. The molecule has 1 unspecified atom stereocenters. The van der Waals surface area contributed by atoms with Gasteiger partial charge in [0.15, 0.2) is 0 Å². The van der Waals surface area contributed by atoms with Crippen molar-refractivity contribution < 1.29 is 17.9 Å². The quantitative estimate of drug-likeness (QED) is 0.881. The number of nitrogens with zero attached hydrogens (tertiary/aromatic N) is 1.